The van der Waals surface area contributed by atoms with Crippen molar-refractivity contribution in [1.29, 1.82) is 0 Å². The summed E-state index contributed by atoms with van der Waals surface area (Å²) < 4.78 is 0. The van der Waals surface area contributed by atoms with E-state index in [2.05, 4.69) is 43.4 Å². The molecule has 1 aliphatic carbocycles. The van der Waals surface area contributed by atoms with Crippen LogP contribution in [0.5, 0.6) is 0 Å². The smallest absolute Gasteiger partial charge is 0.223 e. The average molecular weight is 274 g/mol. The third kappa shape index (κ3) is 4.07. The van der Waals surface area contributed by atoms with E-state index in [1.54, 1.807) is 0 Å². The molecule has 2 rings (SSSR count). The number of hydrogen-bond donors (Lipinski definition) is 2. The number of amides is 1. The van der Waals surface area contributed by atoms with Crippen LogP contribution in [0.1, 0.15) is 56.6 Å². The SMILES string of the molecule is CC(C)c1ccc(CNC(=O)C2CCCC(N)C2)cc1. The van der Waals surface area contributed by atoms with Gasteiger partial charge in [0, 0.05) is 18.5 Å². The first-order valence-corrected chi connectivity index (χ1v) is 7.68. The monoisotopic (exact) mass is 274 g/mol. The molecular formula is C17H26N2O. The van der Waals surface area contributed by atoms with Crippen LogP contribution in [0, 0.1) is 5.92 Å². The molecule has 1 amide bonds. The summed E-state index contributed by atoms with van der Waals surface area (Å²) >= 11 is 0. The molecule has 3 heteroatoms. The van der Waals surface area contributed by atoms with E-state index in [-0.39, 0.29) is 17.9 Å². The minimum atomic E-state index is 0.105. The highest BCUT2D eigenvalue weighted by Crippen LogP contribution is 2.23. The van der Waals surface area contributed by atoms with Crippen molar-refractivity contribution in [2.45, 2.75) is 58.0 Å². The number of benzene rings is 1. The molecule has 0 aromatic heterocycles. The van der Waals surface area contributed by atoms with Crippen molar-refractivity contribution in [2.24, 2.45) is 11.7 Å². The minimum absolute atomic E-state index is 0.105. The van der Waals surface area contributed by atoms with Gasteiger partial charge in [-0.15, -0.1) is 0 Å². The molecule has 1 aromatic rings. The normalized spacial score (nSPS) is 22.8. The zero-order valence-corrected chi connectivity index (χ0v) is 12.6. The predicted octanol–water partition coefficient (Wildman–Crippen LogP) is 2.94. The zero-order chi connectivity index (χ0) is 14.5. The number of nitrogens with two attached hydrogens (primary N) is 1. The first kappa shape index (κ1) is 15.0. The maximum Gasteiger partial charge on any atom is 0.223 e. The molecule has 0 aliphatic heterocycles. The summed E-state index contributed by atoms with van der Waals surface area (Å²) in [6.07, 6.45) is 3.94. The van der Waals surface area contributed by atoms with Crippen LogP contribution >= 0.6 is 0 Å². The Balaban J connectivity index is 1.83. The van der Waals surface area contributed by atoms with Crippen molar-refractivity contribution in [3.63, 3.8) is 0 Å². The molecule has 0 spiro atoms. The Hall–Kier alpha value is -1.35. The van der Waals surface area contributed by atoms with Crippen molar-refractivity contribution >= 4 is 5.91 Å². The van der Waals surface area contributed by atoms with Gasteiger partial charge in [-0.1, -0.05) is 44.5 Å². The van der Waals surface area contributed by atoms with E-state index in [1.165, 1.54) is 5.56 Å². The Labute approximate surface area is 121 Å². The molecule has 2 unspecified atom stereocenters. The maximum absolute atomic E-state index is 12.1. The summed E-state index contributed by atoms with van der Waals surface area (Å²) in [6.45, 7) is 4.98. The standard InChI is InChI=1S/C17H26N2O/c1-12(2)14-8-6-13(7-9-14)11-19-17(20)15-4-3-5-16(18)10-15/h6-9,12,15-16H,3-5,10-11,18H2,1-2H3,(H,19,20). The number of hydrogen-bond acceptors (Lipinski definition) is 2. The molecule has 1 aliphatic rings. The summed E-state index contributed by atoms with van der Waals surface area (Å²) in [5, 5.41) is 3.04. The molecule has 0 radical (unpaired) electrons. The minimum Gasteiger partial charge on any atom is -0.352 e. The van der Waals surface area contributed by atoms with Gasteiger partial charge in [-0.3, -0.25) is 4.79 Å². The molecule has 1 aromatic carbocycles. The lowest BCUT2D eigenvalue weighted by Crippen LogP contribution is -2.37. The zero-order valence-electron chi connectivity index (χ0n) is 12.6. The lowest BCUT2D eigenvalue weighted by atomic mass is 9.85. The lowest BCUT2D eigenvalue weighted by Gasteiger charge is -2.25. The molecule has 2 atom stereocenters. The predicted molar refractivity (Wildman–Crippen MR) is 82.3 cm³/mol. The number of carbonyl (C=O) groups excluding carboxylic acids is 1. The van der Waals surface area contributed by atoms with Gasteiger partial charge in [-0.25, -0.2) is 0 Å². The fourth-order valence-corrected chi connectivity index (χ4v) is 2.82. The molecule has 1 saturated carbocycles. The molecular weight excluding hydrogens is 248 g/mol. The van der Waals surface area contributed by atoms with Gasteiger partial charge >= 0.3 is 0 Å². The number of rotatable bonds is 4. The second-order valence-corrected chi connectivity index (χ2v) is 6.24. The van der Waals surface area contributed by atoms with Gasteiger partial charge < -0.3 is 11.1 Å². The highest BCUT2D eigenvalue weighted by Gasteiger charge is 2.24. The molecule has 110 valence electrons. The second kappa shape index (κ2) is 6.89. The van der Waals surface area contributed by atoms with Crippen LogP contribution in [-0.2, 0) is 11.3 Å². The van der Waals surface area contributed by atoms with Crippen LogP contribution in [0.4, 0.5) is 0 Å². The van der Waals surface area contributed by atoms with Crippen molar-refractivity contribution in [2.75, 3.05) is 0 Å². The van der Waals surface area contributed by atoms with E-state index in [0.717, 1.165) is 31.2 Å². The quantitative estimate of drug-likeness (QED) is 0.887. The van der Waals surface area contributed by atoms with Crippen LogP contribution in [0.15, 0.2) is 24.3 Å². The van der Waals surface area contributed by atoms with E-state index in [9.17, 15) is 4.79 Å². The van der Waals surface area contributed by atoms with Crippen molar-refractivity contribution in [3.8, 4) is 0 Å². The first-order valence-electron chi connectivity index (χ1n) is 7.68. The Bertz CT molecular complexity index is 439. The lowest BCUT2D eigenvalue weighted by molar-refractivity contribution is -0.126. The Morgan fingerprint density at radius 2 is 2.00 bits per heavy atom. The van der Waals surface area contributed by atoms with Crippen molar-refractivity contribution in [3.05, 3.63) is 35.4 Å². The largest absolute Gasteiger partial charge is 0.352 e. The van der Waals surface area contributed by atoms with Crippen LogP contribution in [-0.4, -0.2) is 11.9 Å². The van der Waals surface area contributed by atoms with E-state index in [4.69, 9.17) is 5.73 Å². The van der Waals surface area contributed by atoms with Gasteiger partial charge in [0.2, 0.25) is 5.91 Å². The number of nitrogens with one attached hydrogen (secondary N) is 1. The summed E-state index contributed by atoms with van der Waals surface area (Å²) in [6, 6.07) is 8.68. The van der Waals surface area contributed by atoms with Crippen LogP contribution in [0.25, 0.3) is 0 Å². The Morgan fingerprint density at radius 3 is 2.60 bits per heavy atom. The van der Waals surface area contributed by atoms with Crippen LogP contribution in [0.3, 0.4) is 0 Å². The van der Waals surface area contributed by atoms with E-state index >= 15 is 0 Å². The molecule has 0 bridgehead atoms. The number of carbonyl (C=O) groups is 1. The molecule has 0 saturated heterocycles. The molecule has 1 fully saturated rings. The van der Waals surface area contributed by atoms with Crippen LogP contribution in [0.2, 0.25) is 0 Å². The molecule has 3 N–H and O–H groups in total. The summed E-state index contributed by atoms with van der Waals surface area (Å²) in [5.41, 5.74) is 8.42. The van der Waals surface area contributed by atoms with Crippen molar-refractivity contribution < 1.29 is 4.79 Å². The van der Waals surface area contributed by atoms with Gasteiger partial charge in [0.05, 0.1) is 0 Å². The van der Waals surface area contributed by atoms with Crippen molar-refractivity contribution in [1.82, 2.24) is 5.32 Å². The third-order valence-corrected chi connectivity index (χ3v) is 4.20. The topological polar surface area (TPSA) is 55.1 Å². The van der Waals surface area contributed by atoms with E-state index in [0.29, 0.717) is 12.5 Å². The summed E-state index contributed by atoms with van der Waals surface area (Å²) in [5.74, 6) is 0.809. The summed E-state index contributed by atoms with van der Waals surface area (Å²) in [7, 11) is 0. The summed E-state index contributed by atoms with van der Waals surface area (Å²) in [4.78, 5) is 12.1. The van der Waals surface area contributed by atoms with Gasteiger partial charge in [0.15, 0.2) is 0 Å². The Morgan fingerprint density at radius 1 is 1.30 bits per heavy atom. The molecule has 0 heterocycles. The van der Waals surface area contributed by atoms with Gasteiger partial charge in [0.25, 0.3) is 0 Å². The fourth-order valence-electron chi connectivity index (χ4n) is 2.82. The maximum atomic E-state index is 12.1. The average Bonchev–Trinajstić information content (AvgIpc) is 2.45. The van der Waals surface area contributed by atoms with Crippen LogP contribution < -0.4 is 11.1 Å². The highest BCUT2D eigenvalue weighted by atomic mass is 16.1. The third-order valence-electron chi connectivity index (χ3n) is 4.20. The highest BCUT2D eigenvalue weighted by molar-refractivity contribution is 5.78. The van der Waals surface area contributed by atoms with E-state index < -0.39 is 0 Å². The van der Waals surface area contributed by atoms with Gasteiger partial charge in [-0.05, 0) is 36.3 Å². The first-order chi connectivity index (χ1) is 9.56. The van der Waals surface area contributed by atoms with Gasteiger partial charge in [0.1, 0.15) is 0 Å². The molecule has 3 nitrogen and oxygen atoms in total. The second-order valence-electron chi connectivity index (χ2n) is 6.24. The Kier molecular flexibility index (Phi) is 5.18. The molecule has 20 heavy (non-hydrogen) atoms. The fraction of sp³-hybridized carbons (Fsp3) is 0.588. The van der Waals surface area contributed by atoms with E-state index in [1.807, 2.05) is 0 Å². The van der Waals surface area contributed by atoms with Gasteiger partial charge in [-0.2, -0.15) is 0 Å².